The molecule has 0 aromatic carbocycles. The number of aliphatic hydroxyl groups excluding tert-OH is 1. The van der Waals surface area contributed by atoms with Crippen molar-refractivity contribution in [3.8, 4) is 0 Å². The summed E-state index contributed by atoms with van der Waals surface area (Å²) in [6, 6.07) is 0.0870. The molecule has 0 aliphatic rings. The molecule has 94 valence electrons. The Labute approximate surface area is 101 Å². The number of rotatable bonds is 6. The maximum absolute atomic E-state index is 12.1. The maximum atomic E-state index is 12.1. The van der Waals surface area contributed by atoms with Crippen LogP contribution < -0.4 is 10.5 Å². The molecule has 0 unspecified atom stereocenters. The van der Waals surface area contributed by atoms with Gasteiger partial charge in [0.05, 0.1) is 6.61 Å². The van der Waals surface area contributed by atoms with Gasteiger partial charge in [0, 0.05) is 31.5 Å². The van der Waals surface area contributed by atoms with Gasteiger partial charge in [-0.1, -0.05) is 6.08 Å². The standard InChI is InChI=1S/C12H19N3O2/c1-4-6-14(8-9-16)11-12(17)15(10(2)3)7-5-13-11/h4-5,7,10,16H,1,6,8-9H2,2-3H3. The molecule has 1 N–H and O–H groups in total. The van der Waals surface area contributed by atoms with E-state index in [2.05, 4.69) is 11.6 Å². The van der Waals surface area contributed by atoms with Crippen molar-refractivity contribution in [1.82, 2.24) is 9.55 Å². The van der Waals surface area contributed by atoms with Crippen molar-refractivity contribution < 1.29 is 5.11 Å². The van der Waals surface area contributed by atoms with Crippen LogP contribution in [0.3, 0.4) is 0 Å². The van der Waals surface area contributed by atoms with Crippen molar-refractivity contribution in [1.29, 1.82) is 0 Å². The Morgan fingerprint density at radius 1 is 1.65 bits per heavy atom. The van der Waals surface area contributed by atoms with Gasteiger partial charge >= 0.3 is 0 Å². The topological polar surface area (TPSA) is 58.4 Å². The minimum atomic E-state index is -0.141. The summed E-state index contributed by atoms with van der Waals surface area (Å²) in [5.74, 6) is 0.357. The molecule has 1 heterocycles. The van der Waals surface area contributed by atoms with E-state index >= 15 is 0 Å². The van der Waals surface area contributed by atoms with Gasteiger partial charge in [0.1, 0.15) is 0 Å². The van der Waals surface area contributed by atoms with Gasteiger partial charge < -0.3 is 14.6 Å². The lowest BCUT2D eigenvalue weighted by molar-refractivity contribution is 0.302. The highest BCUT2D eigenvalue weighted by Crippen LogP contribution is 2.06. The molecule has 0 bridgehead atoms. The second kappa shape index (κ2) is 6.20. The Balaban J connectivity index is 3.15. The molecule has 0 aliphatic carbocycles. The van der Waals surface area contributed by atoms with E-state index in [-0.39, 0.29) is 18.2 Å². The molecule has 5 nitrogen and oxygen atoms in total. The largest absolute Gasteiger partial charge is 0.395 e. The zero-order valence-electron chi connectivity index (χ0n) is 10.3. The molecule has 0 aliphatic heterocycles. The van der Waals surface area contributed by atoms with Gasteiger partial charge in [-0.05, 0) is 13.8 Å². The highest BCUT2D eigenvalue weighted by molar-refractivity contribution is 5.36. The SMILES string of the molecule is C=CCN(CCO)c1nccn(C(C)C)c1=O. The summed E-state index contributed by atoms with van der Waals surface area (Å²) in [7, 11) is 0. The van der Waals surface area contributed by atoms with E-state index in [1.165, 1.54) is 0 Å². The fraction of sp³-hybridized carbons (Fsp3) is 0.500. The van der Waals surface area contributed by atoms with Gasteiger partial charge in [0.15, 0.2) is 5.82 Å². The minimum Gasteiger partial charge on any atom is -0.395 e. The summed E-state index contributed by atoms with van der Waals surface area (Å²) in [5, 5.41) is 8.98. The molecule has 0 saturated carbocycles. The molecular weight excluding hydrogens is 218 g/mol. The summed E-state index contributed by atoms with van der Waals surface area (Å²) < 4.78 is 1.62. The van der Waals surface area contributed by atoms with Crippen LogP contribution in [0.1, 0.15) is 19.9 Å². The highest BCUT2D eigenvalue weighted by atomic mass is 16.3. The average molecular weight is 237 g/mol. The molecule has 1 aromatic heterocycles. The van der Waals surface area contributed by atoms with Crippen LogP contribution in [0.5, 0.6) is 0 Å². The third-order valence-corrected chi connectivity index (χ3v) is 2.43. The number of anilines is 1. The fourth-order valence-corrected chi connectivity index (χ4v) is 1.60. The van der Waals surface area contributed by atoms with Gasteiger partial charge in [-0.25, -0.2) is 4.98 Å². The van der Waals surface area contributed by atoms with Crippen LogP contribution in [0.15, 0.2) is 29.8 Å². The third-order valence-electron chi connectivity index (χ3n) is 2.43. The lowest BCUT2D eigenvalue weighted by Crippen LogP contribution is -2.35. The van der Waals surface area contributed by atoms with Crippen LogP contribution in [0, 0.1) is 0 Å². The molecule has 0 atom stereocenters. The first-order valence-corrected chi connectivity index (χ1v) is 5.65. The Kier molecular flexibility index (Phi) is 4.90. The predicted octanol–water partition coefficient (Wildman–Crippen LogP) is 0.809. The van der Waals surface area contributed by atoms with Crippen molar-refractivity contribution in [2.24, 2.45) is 0 Å². The van der Waals surface area contributed by atoms with E-state index in [4.69, 9.17) is 5.11 Å². The van der Waals surface area contributed by atoms with Crippen molar-refractivity contribution in [3.05, 3.63) is 35.4 Å². The van der Waals surface area contributed by atoms with E-state index < -0.39 is 0 Å². The van der Waals surface area contributed by atoms with Crippen molar-refractivity contribution in [3.63, 3.8) is 0 Å². The zero-order valence-corrected chi connectivity index (χ0v) is 10.3. The second-order valence-corrected chi connectivity index (χ2v) is 4.02. The first-order chi connectivity index (χ1) is 8.11. The van der Waals surface area contributed by atoms with Gasteiger partial charge in [0.25, 0.3) is 5.56 Å². The summed E-state index contributed by atoms with van der Waals surface area (Å²) in [5.41, 5.74) is -0.141. The zero-order chi connectivity index (χ0) is 12.8. The minimum absolute atomic E-state index is 0.0223. The van der Waals surface area contributed by atoms with Crippen molar-refractivity contribution in [2.75, 3.05) is 24.6 Å². The molecular formula is C12H19N3O2. The van der Waals surface area contributed by atoms with Crippen LogP contribution in [-0.2, 0) is 0 Å². The fourth-order valence-electron chi connectivity index (χ4n) is 1.60. The quantitative estimate of drug-likeness (QED) is 0.744. The Morgan fingerprint density at radius 3 is 2.88 bits per heavy atom. The molecule has 1 rings (SSSR count). The summed E-state index contributed by atoms with van der Waals surface area (Å²) in [6.07, 6.45) is 4.95. The predicted molar refractivity (Wildman–Crippen MR) is 68.4 cm³/mol. The number of nitrogens with zero attached hydrogens (tertiary/aromatic N) is 3. The first kappa shape index (κ1) is 13.4. The Bertz CT molecular complexity index is 426. The van der Waals surface area contributed by atoms with E-state index in [0.717, 1.165) is 0 Å². The molecule has 0 saturated heterocycles. The molecule has 17 heavy (non-hydrogen) atoms. The van der Waals surface area contributed by atoms with Crippen LogP contribution in [0.2, 0.25) is 0 Å². The number of aromatic nitrogens is 2. The summed E-state index contributed by atoms with van der Waals surface area (Å²) in [6.45, 7) is 8.35. The van der Waals surface area contributed by atoms with Gasteiger partial charge in [0.2, 0.25) is 0 Å². The Hall–Kier alpha value is -1.62. The van der Waals surface area contributed by atoms with Crippen LogP contribution in [0.25, 0.3) is 0 Å². The van der Waals surface area contributed by atoms with E-state index in [1.807, 2.05) is 13.8 Å². The number of hydrogen-bond donors (Lipinski definition) is 1. The molecule has 1 aromatic rings. The van der Waals surface area contributed by atoms with E-state index in [0.29, 0.717) is 18.9 Å². The van der Waals surface area contributed by atoms with E-state index in [1.54, 1.807) is 27.9 Å². The average Bonchev–Trinajstić information content (AvgIpc) is 2.29. The smallest absolute Gasteiger partial charge is 0.293 e. The summed E-state index contributed by atoms with van der Waals surface area (Å²) >= 11 is 0. The van der Waals surface area contributed by atoms with Crippen LogP contribution in [-0.4, -0.2) is 34.4 Å². The van der Waals surface area contributed by atoms with Gasteiger partial charge in [-0.3, -0.25) is 4.79 Å². The normalized spacial score (nSPS) is 10.6. The first-order valence-electron chi connectivity index (χ1n) is 5.65. The highest BCUT2D eigenvalue weighted by Gasteiger charge is 2.13. The second-order valence-electron chi connectivity index (χ2n) is 4.02. The molecule has 0 amide bonds. The molecule has 5 heteroatoms. The monoisotopic (exact) mass is 237 g/mol. The lowest BCUT2D eigenvalue weighted by Gasteiger charge is -2.21. The van der Waals surface area contributed by atoms with E-state index in [9.17, 15) is 4.79 Å². The van der Waals surface area contributed by atoms with Crippen LogP contribution in [0.4, 0.5) is 5.82 Å². The molecule has 0 radical (unpaired) electrons. The van der Waals surface area contributed by atoms with Crippen molar-refractivity contribution >= 4 is 5.82 Å². The summed E-state index contributed by atoms with van der Waals surface area (Å²) in [4.78, 5) is 18.0. The maximum Gasteiger partial charge on any atom is 0.293 e. The van der Waals surface area contributed by atoms with Gasteiger partial charge in [-0.2, -0.15) is 0 Å². The van der Waals surface area contributed by atoms with Gasteiger partial charge in [-0.15, -0.1) is 6.58 Å². The van der Waals surface area contributed by atoms with Crippen LogP contribution >= 0.6 is 0 Å². The van der Waals surface area contributed by atoms with Crippen molar-refractivity contribution in [2.45, 2.75) is 19.9 Å². The number of hydrogen-bond acceptors (Lipinski definition) is 4. The molecule has 0 spiro atoms. The number of aliphatic hydroxyl groups is 1. The Morgan fingerprint density at radius 2 is 2.35 bits per heavy atom. The lowest BCUT2D eigenvalue weighted by atomic mass is 10.3. The molecule has 0 fully saturated rings. The third kappa shape index (κ3) is 3.17.